The lowest BCUT2D eigenvalue weighted by atomic mass is 10.1. The zero-order valence-electron chi connectivity index (χ0n) is 10.7. The second kappa shape index (κ2) is 6.11. The van der Waals surface area contributed by atoms with Gasteiger partial charge in [-0.25, -0.2) is 4.98 Å². The standard InChI is InChI=1S/C15H16N2O2/c1-11-6-5-9-13(16-11)15(19)17-14(10-18)12-7-3-2-4-8-12/h2-9,14,18H,10H2,1H3,(H,17,19). The van der Waals surface area contributed by atoms with Gasteiger partial charge in [0.25, 0.3) is 5.91 Å². The molecule has 1 amide bonds. The lowest BCUT2D eigenvalue weighted by Crippen LogP contribution is -2.31. The third-order valence-electron chi connectivity index (χ3n) is 2.81. The molecule has 4 heteroatoms. The zero-order valence-corrected chi connectivity index (χ0v) is 10.7. The lowest BCUT2D eigenvalue weighted by Gasteiger charge is -2.16. The van der Waals surface area contributed by atoms with Crippen LogP contribution in [0.25, 0.3) is 0 Å². The fourth-order valence-corrected chi connectivity index (χ4v) is 1.82. The van der Waals surface area contributed by atoms with Gasteiger partial charge in [-0.15, -0.1) is 0 Å². The van der Waals surface area contributed by atoms with Crippen molar-refractivity contribution < 1.29 is 9.90 Å². The molecule has 0 spiro atoms. The first-order chi connectivity index (χ1) is 9.20. The molecule has 0 saturated carbocycles. The summed E-state index contributed by atoms with van der Waals surface area (Å²) in [7, 11) is 0. The number of pyridine rings is 1. The van der Waals surface area contributed by atoms with Crippen molar-refractivity contribution in [2.24, 2.45) is 0 Å². The molecule has 1 aromatic carbocycles. The summed E-state index contributed by atoms with van der Waals surface area (Å²) < 4.78 is 0. The number of aryl methyl sites for hydroxylation is 1. The minimum absolute atomic E-state index is 0.151. The van der Waals surface area contributed by atoms with E-state index in [4.69, 9.17) is 0 Å². The van der Waals surface area contributed by atoms with Gasteiger partial charge >= 0.3 is 0 Å². The number of aromatic nitrogens is 1. The largest absolute Gasteiger partial charge is 0.394 e. The molecule has 0 saturated heterocycles. The van der Waals surface area contributed by atoms with Gasteiger partial charge in [-0.1, -0.05) is 36.4 Å². The SMILES string of the molecule is Cc1cccc(C(=O)NC(CO)c2ccccc2)n1. The van der Waals surface area contributed by atoms with E-state index in [1.165, 1.54) is 0 Å². The Labute approximate surface area is 112 Å². The Balaban J connectivity index is 2.13. The molecule has 0 fully saturated rings. The fraction of sp³-hybridized carbons (Fsp3) is 0.200. The highest BCUT2D eigenvalue weighted by Crippen LogP contribution is 2.12. The van der Waals surface area contributed by atoms with Crippen molar-refractivity contribution in [3.05, 3.63) is 65.5 Å². The first-order valence-corrected chi connectivity index (χ1v) is 6.11. The van der Waals surface area contributed by atoms with Crippen molar-refractivity contribution >= 4 is 5.91 Å². The average Bonchev–Trinajstić information content (AvgIpc) is 2.45. The first-order valence-electron chi connectivity index (χ1n) is 6.11. The number of aliphatic hydroxyl groups excluding tert-OH is 1. The third-order valence-corrected chi connectivity index (χ3v) is 2.81. The molecule has 1 aromatic heterocycles. The number of rotatable bonds is 4. The van der Waals surface area contributed by atoms with E-state index < -0.39 is 6.04 Å². The molecular weight excluding hydrogens is 240 g/mol. The molecule has 0 radical (unpaired) electrons. The van der Waals surface area contributed by atoms with Gasteiger partial charge in [-0.3, -0.25) is 4.79 Å². The van der Waals surface area contributed by atoms with Gasteiger partial charge in [0, 0.05) is 5.69 Å². The molecule has 0 bridgehead atoms. The van der Waals surface area contributed by atoms with Gasteiger partial charge in [0.05, 0.1) is 12.6 Å². The summed E-state index contributed by atoms with van der Waals surface area (Å²) in [4.78, 5) is 16.2. The number of amides is 1. The van der Waals surface area contributed by atoms with Crippen LogP contribution in [0.4, 0.5) is 0 Å². The Morgan fingerprint density at radius 2 is 1.95 bits per heavy atom. The van der Waals surface area contributed by atoms with E-state index in [0.29, 0.717) is 5.69 Å². The van der Waals surface area contributed by atoms with Crippen LogP contribution in [-0.4, -0.2) is 22.6 Å². The quantitative estimate of drug-likeness (QED) is 0.877. The van der Waals surface area contributed by atoms with E-state index in [1.807, 2.05) is 43.3 Å². The highest BCUT2D eigenvalue weighted by Gasteiger charge is 2.15. The Morgan fingerprint density at radius 3 is 2.58 bits per heavy atom. The minimum Gasteiger partial charge on any atom is -0.394 e. The van der Waals surface area contributed by atoms with Crippen molar-refractivity contribution in [2.45, 2.75) is 13.0 Å². The van der Waals surface area contributed by atoms with Crippen LogP contribution in [-0.2, 0) is 0 Å². The molecule has 0 aliphatic heterocycles. The zero-order chi connectivity index (χ0) is 13.7. The van der Waals surface area contributed by atoms with E-state index in [2.05, 4.69) is 10.3 Å². The molecule has 4 nitrogen and oxygen atoms in total. The van der Waals surface area contributed by atoms with Gasteiger partial charge in [0.2, 0.25) is 0 Å². The van der Waals surface area contributed by atoms with E-state index in [1.54, 1.807) is 12.1 Å². The van der Waals surface area contributed by atoms with E-state index in [9.17, 15) is 9.90 Å². The number of carbonyl (C=O) groups is 1. The topological polar surface area (TPSA) is 62.2 Å². The van der Waals surface area contributed by atoms with E-state index in [0.717, 1.165) is 11.3 Å². The average molecular weight is 256 g/mol. The summed E-state index contributed by atoms with van der Waals surface area (Å²) in [5.41, 5.74) is 2.01. The molecule has 1 unspecified atom stereocenters. The molecule has 0 aliphatic carbocycles. The van der Waals surface area contributed by atoms with Gasteiger partial charge in [0.1, 0.15) is 5.69 Å². The summed E-state index contributed by atoms with van der Waals surface area (Å²) >= 11 is 0. The van der Waals surface area contributed by atoms with Gasteiger partial charge in [-0.05, 0) is 24.6 Å². The molecule has 19 heavy (non-hydrogen) atoms. The van der Waals surface area contributed by atoms with Crippen LogP contribution in [0.5, 0.6) is 0 Å². The Bertz CT molecular complexity index is 555. The minimum atomic E-state index is -0.420. The van der Waals surface area contributed by atoms with E-state index in [-0.39, 0.29) is 12.5 Å². The van der Waals surface area contributed by atoms with Crippen molar-refractivity contribution in [3.63, 3.8) is 0 Å². The maximum atomic E-state index is 12.1. The maximum Gasteiger partial charge on any atom is 0.270 e. The van der Waals surface area contributed by atoms with Crippen LogP contribution in [0.15, 0.2) is 48.5 Å². The number of hydrogen-bond acceptors (Lipinski definition) is 3. The third kappa shape index (κ3) is 3.39. The van der Waals surface area contributed by atoms with Gasteiger partial charge in [-0.2, -0.15) is 0 Å². The molecule has 2 N–H and O–H groups in total. The number of benzene rings is 1. The summed E-state index contributed by atoms with van der Waals surface area (Å²) in [5, 5.41) is 12.2. The highest BCUT2D eigenvalue weighted by atomic mass is 16.3. The second-order valence-corrected chi connectivity index (χ2v) is 4.28. The van der Waals surface area contributed by atoms with Gasteiger partial charge in [0.15, 0.2) is 0 Å². The van der Waals surface area contributed by atoms with Crippen LogP contribution < -0.4 is 5.32 Å². The lowest BCUT2D eigenvalue weighted by molar-refractivity contribution is 0.0911. The Hall–Kier alpha value is -2.20. The van der Waals surface area contributed by atoms with Crippen LogP contribution in [0.1, 0.15) is 27.8 Å². The van der Waals surface area contributed by atoms with Gasteiger partial charge < -0.3 is 10.4 Å². The first kappa shape index (κ1) is 13.2. The summed E-state index contributed by atoms with van der Waals surface area (Å²) in [6, 6.07) is 14.2. The van der Waals surface area contributed by atoms with Crippen LogP contribution in [0.3, 0.4) is 0 Å². The number of nitrogens with zero attached hydrogens (tertiary/aromatic N) is 1. The van der Waals surface area contributed by atoms with Crippen molar-refractivity contribution in [1.29, 1.82) is 0 Å². The number of nitrogens with one attached hydrogen (secondary N) is 1. The second-order valence-electron chi connectivity index (χ2n) is 4.28. The monoisotopic (exact) mass is 256 g/mol. The number of aliphatic hydroxyl groups is 1. The summed E-state index contributed by atoms with van der Waals surface area (Å²) in [5.74, 6) is -0.286. The Kier molecular flexibility index (Phi) is 4.26. The fourth-order valence-electron chi connectivity index (χ4n) is 1.82. The molecule has 98 valence electrons. The van der Waals surface area contributed by atoms with Crippen LogP contribution in [0, 0.1) is 6.92 Å². The maximum absolute atomic E-state index is 12.1. The molecule has 1 heterocycles. The molecule has 0 aliphatic rings. The van der Waals surface area contributed by atoms with Crippen molar-refractivity contribution in [3.8, 4) is 0 Å². The van der Waals surface area contributed by atoms with Crippen LogP contribution >= 0.6 is 0 Å². The van der Waals surface area contributed by atoms with Crippen molar-refractivity contribution in [1.82, 2.24) is 10.3 Å². The predicted octanol–water partition coefficient (Wildman–Crippen LogP) is 1.85. The number of hydrogen-bond donors (Lipinski definition) is 2. The Morgan fingerprint density at radius 1 is 1.21 bits per heavy atom. The molecule has 1 atom stereocenters. The molecular formula is C15H16N2O2. The predicted molar refractivity (Wildman–Crippen MR) is 72.7 cm³/mol. The van der Waals surface area contributed by atoms with E-state index >= 15 is 0 Å². The summed E-state index contributed by atoms with van der Waals surface area (Å²) in [6.45, 7) is 1.68. The highest BCUT2D eigenvalue weighted by molar-refractivity contribution is 5.92. The smallest absolute Gasteiger partial charge is 0.270 e. The summed E-state index contributed by atoms with van der Waals surface area (Å²) in [6.07, 6.45) is 0. The molecule has 2 rings (SSSR count). The number of carbonyl (C=O) groups excluding carboxylic acids is 1. The molecule has 2 aromatic rings. The van der Waals surface area contributed by atoms with Crippen LogP contribution in [0.2, 0.25) is 0 Å². The normalized spacial score (nSPS) is 11.9. The van der Waals surface area contributed by atoms with Crippen molar-refractivity contribution in [2.75, 3.05) is 6.61 Å².